The number of hydrogen-bond acceptors (Lipinski definition) is 1. The molecule has 1 aliphatic heterocycles. The minimum Gasteiger partial charge on any atom is -0.370 e. The molecule has 0 aromatic carbocycles. The lowest BCUT2D eigenvalue weighted by Crippen LogP contribution is -2.28. The Bertz CT molecular complexity index is 595. The molecule has 2 nitrogen and oxygen atoms in total. The fourth-order valence-electron chi connectivity index (χ4n) is 3.75. The third kappa shape index (κ3) is 3.06. The van der Waals surface area contributed by atoms with Crippen LogP contribution in [0, 0.1) is 0 Å². The summed E-state index contributed by atoms with van der Waals surface area (Å²) in [5, 5.41) is 0. The van der Waals surface area contributed by atoms with E-state index in [-0.39, 0.29) is 0 Å². The predicted molar refractivity (Wildman–Crippen MR) is 96.1 cm³/mol. The van der Waals surface area contributed by atoms with Crippen LogP contribution < -0.4 is 4.90 Å². The van der Waals surface area contributed by atoms with Gasteiger partial charge >= 0.3 is 0 Å². The van der Waals surface area contributed by atoms with Gasteiger partial charge in [-0.15, -0.1) is 0 Å². The summed E-state index contributed by atoms with van der Waals surface area (Å²) in [5.74, 6) is 0. The second-order valence-electron chi connectivity index (χ2n) is 6.37. The van der Waals surface area contributed by atoms with Crippen molar-refractivity contribution < 1.29 is 0 Å². The van der Waals surface area contributed by atoms with Crippen molar-refractivity contribution >= 4 is 11.4 Å². The van der Waals surface area contributed by atoms with Crippen LogP contribution in [-0.2, 0) is 0 Å². The van der Waals surface area contributed by atoms with E-state index >= 15 is 0 Å². The van der Waals surface area contributed by atoms with Crippen LogP contribution >= 0.6 is 0 Å². The third-order valence-electron chi connectivity index (χ3n) is 4.87. The van der Waals surface area contributed by atoms with Gasteiger partial charge in [-0.3, -0.25) is 0 Å². The van der Waals surface area contributed by atoms with Crippen LogP contribution in [0.4, 0.5) is 5.69 Å². The Morgan fingerprint density at radius 1 is 1.00 bits per heavy atom. The van der Waals surface area contributed by atoms with Crippen LogP contribution in [0.1, 0.15) is 52.4 Å². The first kappa shape index (κ1) is 15.2. The number of aromatic nitrogens is 1. The zero-order valence-electron chi connectivity index (χ0n) is 14.0. The summed E-state index contributed by atoms with van der Waals surface area (Å²) in [6.45, 7) is 6.70. The number of nitrogens with zero attached hydrogens (tertiary/aromatic N) is 2. The van der Waals surface area contributed by atoms with Crippen LogP contribution in [0.15, 0.2) is 47.8 Å². The molecule has 1 saturated heterocycles. The number of rotatable bonds is 3. The highest BCUT2D eigenvalue weighted by Crippen LogP contribution is 2.35. The van der Waals surface area contributed by atoms with Crippen molar-refractivity contribution in [3.8, 4) is 0 Å². The summed E-state index contributed by atoms with van der Waals surface area (Å²) in [5.41, 5.74) is 5.76. The highest BCUT2D eigenvalue weighted by atomic mass is 15.2. The largest absolute Gasteiger partial charge is 0.370 e. The molecule has 0 saturated carbocycles. The Morgan fingerprint density at radius 3 is 2.55 bits per heavy atom. The molecule has 1 aromatic rings. The van der Waals surface area contributed by atoms with E-state index in [9.17, 15) is 0 Å². The normalized spacial score (nSPS) is 22.1. The summed E-state index contributed by atoms with van der Waals surface area (Å²) in [4.78, 5) is 2.54. The summed E-state index contributed by atoms with van der Waals surface area (Å²) < 4.78 is 2.35. The first-order chi connectivity index (χ1) is 10.8. The fraction of sp³-hybridized carbons (Fsp3) is 0.500. The minimum atomic E-state index is 1.19. The first-order valence-electron chi connectivity index (χ1n) is 8.78. The average Bonchev–Trinajstić information content (AvgIpc) is 3.05. The first-order valence-corrected chi connectivity index (χ1v) is 8.78. The summed E-state index contributed by atoms with van der Waals surface area (Å²) in [6, 6.07) is 2.29. The summed E-state index contributed by atoms with van der Waals surface area (Å²) in [6.07, 6.45) is 19.0. The van der Waals surface area contributed by atoms with Crippen molar-refractivity contribution in [3.05, 3.63) is 47.8 Å². The maximum atomic E-state index is 2.54. The standard InChI is InChI=1S/C20H28N2/c1-3-9-18-11-8-10-17(4-2)20(18)22-15-12-19(16-22)21-13-6-5-7-14-21/h3-4,9,12,15-16H,5-8,10-11,13-14H2,1-2H3/b9-3?,17-4+. The van der Waals surface area contributed by atoms with E-state index in [1.807, 2.05) is 0 Å². The summed E-state index contributed by atoms with van der Waals surface area (Å²) >= 11 is 0. The SMILES string of the molecule is CC=CC1=C(n2ccc(N3CCCCC3)c2)/C(=C/C)CCC1. The second kappa shape index (κ2) is 7.04. The molecule has 2 heterocycles. The number of anilines is 1. The molecule has 1 aromatic heterocycles. The van der Waals surface area contributed by atoms with Crippen LogP contribution in [0.2, 0.25) is 0 Å². The van der Waals surface area contributed by atoms with Crippen molar-refractivity contribution in [2.24, 2.45) is 0 Å². The van der Waals surface area contributed by atoms with Gasteiger partial charge in [0.25, 0.3) is 0 Å². The monoisotopic (exact) mass is 296 g/mol. The minimum absolute atomic E-state index is 1.19. The van der Waals surface area contributed by atoms with Gasteiger partial charge in [0.2, 0.25) is 0 Å². The molecule has 0 amide bonds. The molecule has 1 fully saturated rings. The smallest absolute Gasteiger partial charge is 0.0550 e. The van der Waals surface area contributed by atoms with Crippen molar-refractivity contribution in [2.45, 2.75) is 52.4 Å². The van der Waals surface area contributed by atoms with Gasteiger partial charge < -0.3 is 9.47 Å². The molecule has 22 heavy (non-hydrogen) atoms. The second-order valence-corrected chi connectivity index (χ2v) is 6.37. The number of allylic oxidation sites excluding steroid dienone is 6. The highest BCUT2D eigenvalue weighted by molar-refractivity contribution is 5.72. The zero-order valence-corrected chi connectivity index (χ0v) is 14.0. The molecule has 0 bridgehead atoms. The highest BCUT2D eigenvalue weighted by Gasteiger charge is 2.18. The topological polar surface area (TPSA) is 8.17 Å². The lowest BCUT2D eigenvalue weighted by atomic mass is 9.91. The Hall–Kier alpha value is -1.70. The molecule has 3 rings (SSSR count). The number of piperidine rings is 1. The van der Waals surface area contributed by atoms with Crippen molar-refractivity contribution in [1.29, 1.82) is 0 Å². The molecule has 0 radical (unpaired) electrons. The van der Waals surface area contributed by atoms with Gasteiger partial charge in [-0.05, 0) is 69.6 Å². The van der Waals surface area contributed by atoms with Crippen LogP contribution in [0.5, 0.6) is 0 Å². The number of hydrogen-bond donors (Lipinski definition) is 0. The molecule has 0 N–H and O–H groups in total. The Morgan fingerprint density at radius 2 is 1.82 bits per heavy atom. The summed E-state index contributed by atoms with van der Waals surface area (Å²) in [7, 11) is 0. The lowest BCUT2D eigenvalue weighted by Gasteiger charge is -2.28. The Labute approximate surface area is 134 Å². The van der Waals surface area contributed by atoms with Crippen LogP contribution in [-0.4, -0.2) is 17.7 Å². The van der Waals surface area contributed by atoms with Crippen LogP contribution in [0.3, 0.4) is 0 Å². The zero-order chi connectivity index (χ0) is 15.4. The molecule has 0 spiro atoms. The van der Waals surface area contributed by atoms with Gasteiger partial charge in [-0.1, -0.05) is 18.2 Å². The van der Waals surface area contributed by atoms with Crippen LogP contribution in [0.25, 0.3) is 5.70 Å². The van der Waals surface area contributed by atoms with Gasteiger partial charge in [-0.2, -0.15) is 0 Å². The van der Waals surface area contributed by atoms with E-state index in [1.54, 1.807) is 0 Å². The maximum Gasteiger partial charge on any atom is 0.0550 e. The molecule has 2 heteroatoms. The molecular formula is C20H28N2. The third-order valence-corrected chi connectivity index (χ3v) is 4.87. The molecule has 1 aliphatic carbocycles. The van der Waals surface area contributed by atoms with E-state index in [2.05, 4.69) is 60.0 Å². The van der Waals surface area contributed by atoms with Crippen molar-refractivity contribution in [1.82, 2.24) is 4.57 Å². The quantitative estimate of drug-likeness (QED) is 0.725. The average molecular weight is 296 g/mol. The van der Waals surface area contributed by atoms with Crippen molar-refractivity contribution in [3.63, 3.8) is 0 Å². The van der Waals surface area contributed by atoms with Gasteiger partial charge in [0.15, 0.2) is 0 Å². The van der Waals surface area contributed by atoms with E-state index < -0.39 is 0 Å². The molecule has 118 valence electrons. The Kier molecular flexibility index (Phi) is 4.87. The van der Waals surface area contributed by atoms with Crippen molar-refractivity contribution in [2.75, 3.05) is 18.0 Å². The van der Waals surface area contributed by atoms with Gasteiger partial charge in [0.05, 0.1) is 11.4 Å². The van der Waals surface area contributed by atoms with Gasteiger partial charge in [-0.25, -0.2) is 0 Å². The molecule has 0 unspecified atom stereocenters. The predicted octanol–water partition coefficient (Wildman–Crippen LogP) is 5.40. The van der Waals surface area contributed by atoms with E-state index in [0.717, 1.165) is 0 Å². The lowest BCUT2D eigenvalue weighted by molar-refractivity contribution is 0.578. The fourth-order valence-corrected chi connectivity index (χ4v) is 3.75. The van der Waals surface area contributed by atoms with E-state index in [4.69, 9.17) is 0 Å². The van der Waals surface area contributed by atoms with Gasteiger partial charge in [0.1, 0.15) is 0 Å². The van der Waals surface area contributed by atoms with E-state index in [0.29, 0.717) is 0 Å². The molecule has 2 aliphatic rings. The molecular weight excluding hydrogens is 268 g/mol. The van der Waals surface area contributed by atoms with E-state index in [1.165, 1.54) is 74.1 Å². The van der Waals surface area contributed by atoms with Gasteiger partial charge in [0, 0.05) is 25.5 Å². The Balaban J connectivity index is 1.95. The molecule has 0 atom stereocenters. The maximum absolute atomic E-state index is 2.54.